The topological polar surface area (TPSA) is 38.1 Å². The molecule has 2 aromatic rings. The van der Waals surface area contributed by atoms with E-state index in [4.69, 9.17) is 0 Å². The normalized spacial score (nSPS) is 14.5. The summed E-state index contributed by atoms with van der Waals surface area (Å²) >= 11 is 0. The van der Waals surface area contributed by atoms with Crippen LogP contribution in [0.3, 0.4) is 0 Å². The zero-order chi connectivity index (χ0) is 15.5. The number of fused-ring (bicyclic) bond motifs is 1. The van der Waals surface area contributed by atoms with Gasteiger partial charge in [-0.3, -0.25) is 4.79 Å². The SMILES string of the molecule is CCCN(CC1CC1)C(=O)Cn1c(CC)nc2ccccc21. The van der Waals surface area contributed by atoms with Crippen molar-refractivity contribution in [3.63, 3.8) is 0 Å². The molecule has 4 heteroatoms. The lowest BCUT2D eigenvalue weighted by atomic mass is 10.3. The maximum atomic E-state index is 12.8. The van der Waals surface area contributed by atoms with Gasteiger partial charge in [0.2, 0.25) is 5.91 Å². The summed E-state index contributed by atoms with van der Waals surface area (Å²) in [5, 5.41) is 0. The minimum absolute atomic E-state index is 0.228. The summed E-state index contributed by atoms with van der Waals surface area (Å²) in [5.74, 6) is 1.96. The summed E-state index contributed by atoms with van der Waals surface area (Å²) in [6.45, 7) is 6.44. The quantitative estimate of drug-likeness (QED) is 0.787. The van der Waals surface area contributed by atoms with Gasteiger partial charge in [-0.05, 0) is 37.3 Å². The molecule has 0 atom stereocenters. The van der Waals surface area contributed by atoms with Gasteiger partial charge in [-0.25, -0.2) is 4.98 Å². The highest BCUT2D eigenvalue weighted by atomic mass is 16.2. The van der Waals surface area contributed by atoms with Crippen LogP contribution in [0.2, 0.25) is 0 Å². The fourth-order valence-electron chi connectivity index (χ4n) is 3.01. The summed E-state index contributed by atoms with van der Waals surface area (Å²) in [6.07, 6.45) is 4.42. The summed E-state index contributed by atoms with van der Waals surface area (Å²) in [6, 6.07) is 8.08. The number of hydrogen-bond donors (Lipinski definition) is 0. The molecular formula is C18H25N3O. The van der Waals surface area contributed by atoms with Crippen LogP contribution in [0.15, 0.2) is 24.3 Å². The molecule has 4 nitrogen and oxygen atoms in total. The molecule has 1 aliphatic rings. The summed E-state index contributed by atoms with van der Waals surface area (Å²) in [7, 11) is 0. The maximum Gasteiger partial charge on any atom is 0.242 e. The first-order valence-electron chi connectivity index (χ1n) is 8.44. The zero-order valence-corrected chi connectivity index (χ0v) is 13.6. The Labute approximate surface area is 132 Å². The molecule has 118 valence electrons. The van der Waals surface area contributed by atoms with Gasteiger partial charge < -0.3 is 9.47 Å². The van der Waals surface area contributed by atoms with Gasteiger partial charge in [-0.1, -0.05) is 26.0 Å². The molecular weight excluding hydrogens is 274 g/mol. The molecule has 0 N–H and O–H groups in total. The van der Waals surface area contributed by atoms with Crippen molar-refractivity contribution in [2.24, 2.45) is 5.92 Å². The van der Waals surface area contributed by atoms with Crippen LogP contribution in [0, 0.1) is 5.92 Å². The number of carbonyl (C=O) groups is 1. The van der Waals surface area contributed by atoms with Crippen LogP contribution in [0.1, 0.15) is 38.9 Å². The highest BCUT2D eigenvalue weighted by Crippen LogP contribution is 2.30. The van der Waals surface area contributed by atoms with Crippen LogP contribution in [-0.4, -0.2) is 33.4 Å². The van der Waals surface area contributed by atoms with Gasteiger partial charge in [-0.2, -0.15) is 0 Å². The number of hydrogen-bond acceptors (Lipinski definition) is 2. The van der Waals surface area contributed by atoms with E-state index in [1.165, 1.54) is 12.8 Å². The van der Waals surface area contributed by atoms with E-state index in [1.807, 2.05) is 23.1 Å². The van der Waals surface area contributed by atoms with Crippen molar-refractivity contribution in [1.29, 1.82) is 0 Å². The van der Waals surface area contributed by atoms with E-state index < -0.39 is 0 Å². The van der Waals surface area contributed by atoms with Gasteiger partial charge in [-0.15, -0.1) is 0 Å². The first kappa shape index (κ1) is 15.1. The predicted molar refractivity (Wildman–Crippen MR) is 88.7 cm³/mol. The highest BCUT2D eigenvalue weighted by molar-refractivity contribution is 5.81. The maximum absolute atomic E-state index is 12.8. The Morgan fingerprint density at radius 3 is 2.77 bits per heavy atom. The molecule has 3 rings (SSSR count). The van der Waals surface area contributed by atoms with Crippen molar-refractivity contribution in [3.8, 4) is 0 Å². The van der Waals surface area contributed by atoms with E-state index in [0.29, 0.717) is 6.54 Å². The molecule has 22 heavy (non-hydrogen) atoms. The number of carbonyl (C=O) groups excluding carboxylic acids is 1. The summed E-state index contributed by atoms with van der Waals surface area (Å²) < 4.78 is 2.09. The van der Waals surface area contributed by atoms with Crippen molar-refractivity contribution in [2.45, 2.75) is 46.1 Å². The van der Waals surface area contributed by atoms with Gasteiger partial charge in [0.25, 0.3) is 0 Å². The molecule has 0 bridgehead atoms. The summed E-state index contributed by atoms with van der Waals surface area (Å²) in [5.41, 5.74) is 2.05. The van der Waals surface area contributed by atoms with E-state index in [2.05, 4.69) is 29.5 Å². The Bertz CT molecular complexity index is 657. The number of aryl methyl sites for hydroxylation is 1. The van der Waals surface area contributed by atoms with Crippen LogP contribution in [-0.2, 0) is 17.8 Å². The van der Waals surface area contributed by atoms with E-state index in [0.717, 1.165) is 48.7 Å². The Morgan fingerprint density at radius 1 is 1.32 bits per heavy atom. The van der Waals surface area contributed by atoms with E-state index in [-0.39, 0.29) is 5.91 Å². The van der Waals surface area contributed by atoms with Crippen molar-refractivity contribution in [3.05, 3.63) is 30.1 Å². The van der Waals surface area contributed by atoms with Crippen LogP contribution < -0.4 is 0 Å². The Kier molecular flexibility index (Phi) is 4.46. The number of rotatable bonds is 7. The Balaban J connectivity index is 1.82. The third kappa shape index (κ3) is 3.16. The number of para-hydroxylation sites is 2. The standard InChI is InChI=1S/C18H25N3O/c1-3-11-20(12-14-9-10-14)18(22)13-21-16-8-6-5-7-15(16)19-17(21)4-2/h5-8,14H,3-4,9-13H2,1-2H3. The van der Waals surface area contributed by atoms with Crippen molar-refractivity contribution >= 4 is 16.9 Å². The van der Waals surface area contributed by atoms with E-state index >= 15 is 0 Å². The van der Waals surface area contributed by atoms with Crippen LogP contribution in [0.25, 0.3) is 11.0 Å². The average molecular weight is 299 g/mol. The minimum atomic E-state index is 0.228. The van der Waals surface area contributed by atoms with Gasteiger partial charge >= 0.3 is 0 Å². The molecule has 0 radical (unpaired) electrons. The average Bonchev–Trinajstić information content (AvgIpc) is 3.28. The van der Waals surface area contributed by atoms with Crippen LogP contribution in [0.5, 0.6) is 0 Å². The number of aromatic nitrogens is 2. The molecule has 0 aliphatic heterocycles. The van der Waals surface area contributed by atoms with Crippen molar-refractivity contribution in [1.82, 2.24) is 14.5 Å². The Hall–Kier alpha value is -1.84. The number of imidazole rings is 1. The first-order chi connectivity index (χ1) is 10.7. The van der Waals surface area contributed by atoms with Gasteiger partial charge in [0.15, 0.2) is 0 Å². The van der Waals surface area contributed by atoms with Gasteiger partial charge in [0.05, 0.1) is 11.0 Å². The van der Waals surface area contributed by atoms with E-state index in [9.17, 15) is 4.79 Å². The number of benzene rings is 1. The van der Waals surface area contributed by atoms with Gasteiger partial charge in [0.1, 0.15) is 12.4 Å². The molecule has 1 saturated carbocycles. The van der Waals surface area contributed by atoms with Crippen molar-refractivity contribution < 1.29 is 4.79 Å². The highest BCUT2D eigenvalue weighted by Gasteiger charge is 2.26. The first-order valence-corrected chi connectivity index (χ1v) is 8.44. The molecule has 1 amide bonds. The lowest BCUT2D eigenvalue weighted by molar-refractivity contribution is -0.132. The fraction of sp³-hybridized carbons (Fsp3) is 0.556. The number of amides is 1. The fourth-order valence-corrected chi connectivity index (χ4v) is 3.01. The Morgan fingerprint density at radius 2 is 2.09 bits per heavy atom. The lowest BCUT2D eigenvalue weighted by Gasteiger charge is -2.23. The predicted octanol–water partition coefficient (Wildman–Crippen LogP) is 3.25. The second-order valence-electron chi connectivity index (χ2n) is 6.24. The molecule has 1 fully saturated rings. The lowest BCUT2D eigenvalue weighted by Crippen LogP contribution is -2.36. The second kappa shape index (κ2) is 6.51. The minimum Gasteiger partial charge on any atom is -0.341 e. The van der Waals surface area contributed by atoms with Gasteiger partial charge in [0, 0.05) is 19.5 Å². The summed E-state index contributed by atoms with van der Waals surface area (Å²) in [4.78, 5) is 19.5. The third-order valence-corrected chi connectivity index (χ3v) is 4.36. The molecule has 1 aromatic heterocycles. The molecule has 1 aliphatic carbocycles. The largest absolute Gasteiger partial charge is 0.341 e. The van der Waals surface area contributed by atoms with Crippen molar-refractivity contribution in [2.75, 3.05) is 13.1 Å². The molecule has 0 spiro atoms. The smallest absolute Gasteiger partial charge is 0.242 e. The monoisotopic (exact) mass is 299 g/mol. The van der Waals surface area contributed by atoms with E-state index in [1.54, 1.807) is 0 Å². The molecule has 0 saturated heterocycles. The zero-order valence-electron chi connectivity index (χ0n) is 13.6. The molecule has 0 unspecified atom stereocenters. The third-order valence-electron chi connectivity index (χ3n) is 4.36. The number of nitrogens with zero attached hydrogens (tertiary/aromatic N) is 3. The molecule has 1 heterocycles. The second-order valence-corrected chi connectivity index (χ2v) is 6.24. The van der Waals surface area contributed by atoms with Crippen LogP contribution in [0.4, 0.5) is 0 Å². The van der Waals surface area contributed by atoms with Crippen LogP contribution >= 0.6 is 0 Å². The molecule has 1 aromatic carbocycles.